The maximum Gasteiger partial charge on any atom is 0.328 e. The summed E-state index contributed by atoms with van der Waals surface area (Å²) in [5.41, 5.74) is 1.09. The third-order valence-corrected chi connectivity index (χ3v) is 3.58. The van der Waals surface area contributed by atoms with E-state index in [9.17, 15) is 14.7 Å². The first-order valence-electron chi connectivity index (χ1n) is 7.08. The minimum atomic E-state index is -1.07. The first-order valence-corrected chi connectivity index (χ1v) is 7.08. The van der Waals surface area contributed by atoms with Crippen molar-refractivity contribution in [3.63, 3.8) is 0 Å². The summed E-state index contributed by atoms with van der Waals surface area (Å²) < 4.78 is 10.2. The molecular formula is C15H15N3O5. The van der Waals surface area contributed by atoms with Gasteiger partial charge in [-0.25, -0.2) is 4.79 Å². The molecule has 8 heteroatoms. The molecule has 0 aliphatic carbocycles. The summed E-state index contributed by atoms with van der Waals surface area (Å²) in [5.74, 6) is -0.515. The van der Waals surface area contributed by atoms with E-state index in [1.165, 1.54) is 4.90 Å². The fourth-order valence-electron chi connectivity index (χ4n) is 2.39. The number of ether oxygens (including phenoxy) is 1. The summed E-state index contributed by atoms with van der Waals surface area (Å²) in [7, 11) is 0. The van der Waals surface area contributed by atoms with Crippen molar-refractivity contribution in [1.29, 1.82) is 0 Å². The highest BCUT2D eigenvalue weighted by Gasteiger charge is 2.33. The third-order valence-electron chi connectivity index (χ3n) is 3.58. The molecule has 1 aromatic heterocycles. The number of carboxylic acids is 1. The number of carboxylic acid groups (broad SMARTS) is 1. The van der Waals surface area contributed by atoms with Crippen LogP contribution in [0.3, 0.4) is 0 Å². The fourth-order valence-corrected chi connectivity index (χ4v) is 2.39. The van der Waals surface area contributed by atoms with Gasteiger partial charge in [0.1, 0.15) is 0 Å². The SMILES string of the molecule is Cc1noc(-c2ccc(C(=O)N3CCOC[C@H]3C(=O)O)cc2)n1. The maximum atomic E-state index is 12.5. The standard InChI is InChI=1S/C15H15N3O5/c1-9-16-13(23-17-9)10-2-4-11(5-3-10)14(19)18-6-7-22-8-12(18)15(20)21/h2-5,12H,6-8H2,1H3,(H,20,21)/t12-/m0/s1. The molecule has 23 heavy (non-hydrogen) atoms. The molecule has 2 aromatic rings. The summed E-state index contributed by atoms with van der Waals surface area (Å²) in [4.78, 5) is 29.2. The van der Waals surface area contributed by atoms with Crippen molar-refractivity contribution < 1.29 is 24.0 Å². The molecule has 0 saturated carbocycles. The van der Waals surface area contributed by atoms with Gasteiger partial charge in [-0.2, -0.15) is 4.98 Å². The third kappa shape index (κ3) is 3.07. The van der Waals surface area contributed by atoms with Gasteiger partial charge in [0.05, 0.1) is 13.2 Å². The van der Waals surface area contributed by atoms with Gasteiger partial charge in [-0.1, -0.05) is 5.16 Å². The van der Waals surface area contributed by atoms with Crippen LogP contribution in [0.2, 0.25) is 0 Å². The summed E-state index contributed by atoms with van der Waals surface area (Å²) in [6.45, 7) is 2.30. The summed E-state index contributed by atoms with van der Waals surface area (Å²) >= 11 is 0. The molecule has 1 N–H and O–H groups in total. The molecule has 120 valence electrons. The van der Waals surface area contributed by atoms with Crippen molar-refractivity contribution >= 4 is 11.9 Å². The number of carbonyl (C=O) groups is 2. The van der Waals surface area contributed by atoms with E-state index in [4.69, 9.17) is 9.26 Å². The van der Waals surface area contributed by atoms with Crippen molar-refractivity contribution in [2.75, 3.05) is 19.8 Å². The molecule has 0 unspecified atom stereocenters. The number of carbonyl (C=O) groups excluding carboxylic acids is 1. The molecule has 0 bridgehead atoms. The van der Waals surface area contributed by atoms with Crippen molar-refractivity contribution in [2.45, 2.75) is 13.0 Å². The molecule has 1 saturated heterocycles. The van der Waals surface area contributed by atoms with Gasteiger partial charge in [0, 0.05) is 17.7 Å². The van der Waals surface area contributed by atoms with Gasteiger partial charge < -0.3 is 19.3 Å². The Morgan fingerprint density at radius 2 is 2.04 bits per heavy atom. The minimum Gasteiger partial charge on any atom is -0.480 e. The molecule has 8 nitrogen and oxygen atoms in total. The zero-order valence-electron chi connectivity index (χ0n) is 12.4. The Balaban J connectivity index is 1.80. The summed E-state index contributed by atoms with van der Waals surface area (Å²) in [5, 5.41) is 12.9. The van der Waals surface area contributed by atoms with E-state index in [2.05, 4.69) is 10.1 Å². The van der Waals surface area contributed by atoms with Crippen LogP contribution in [0.15, 0.2) is 28.8 Å². The van der Waals surface area contributed by atoms with Gasteiger partial charge >= 0.3 is 5.97 Å². The monoisotopic (exact) mass is 317 g/mol. The number of amides is 1. The lowest BCUT2D eigenvalue weighted by Crippen LogP contribution is -2.52. The molecule has 1 fully saturated rings. The second kappa shape index (κ2) is 6.17. The van der Waals surface area contributed by atoms with Crippen LogP contribution in [-0.2, 0) is 9.53 Å². The van der Waals surface area contributed by atoms with E-state index in [-0.39, 0.29) is 19.1 Å². The predicted molar refractivity (Wildman–Crippen MR) is 77.8 cm³/mol. The molecule has 2 heterocycles. The van der Waals surface area contributed by atoms with Gasteiger partial charge in [0.2, 0.25) is 0 Å². The number of aryl methyl sites for hydroxylation is 1. The number of rotatable bonds is 3. The van der Waals surface area contributed by atoms with Gasteiger partial charge in [-0.05, 0) is 31.2 Å². The van der Waals surface area contributed by atoms with Crippen LogP contribution in [0.1, 0.15) is 16.2 Å². The lowest BCUT2D eigenvalue weighted by Gasteiger charge is -2.32. The van der Waals surface area contributed by atoms with Crippen LogP contribution in [0, 0.1) is 6.92 Å². The van der Waals surface area contributed by atoms with Crippen LogP contribution in [-0.4, -0.2) is 57.8 Å². The molecule has 1 atom stereocenters. The second-order valence-electron chi connectivity index (χ2n) is 5.15. The zero-order valence-corrected chi connectivity index (χ0v) is 12.4. The lowest BCUT2D eigenvalue weighted by molar-refractivity contribution is -0.147. The van der Waals surface area contributed by atoms with E-state index in [0.717, 1.165) is 0 Å². The highest BCUT2D eigenvalue weighted by atomic mass is 16.5. The summed E-state index contributed by atoms with van der Waals surface area (Å²) in [6.07, 6.45) is 0. The van der Waals surface area contributed by atoms with E-state index in [0.29, 0.717) is 29.4 Å². The van der Waals surface area contributed by atoms with E-state index < -0.39 is 12.0 Å². The number of morpholine rings is 1. The van der Waals surface area contributed by atoms with Gasteiger partial charge in [0.15, 0.2) is 11.9 Å². The molecule has 0 spiro atoms. The number of hydrogen-bond acceptors (Lipinski definition) is 6. The van der Waals surface area contributed by atoms with Crippen LogP contribution < -0.4 is 0 Å². The van der Waals surface area contributed by atoms with Gasteiger partial charge in [-0.3, -0.25) is 4.79 Å². The Morgan fingerprint density at radius 3 is 2.65 bits per heavy atom. The highest BCUT2D eigenvalue weighted by molar-refractivity contribution is 5.97. The number of hydrogen-bond donors (Lipinski definition) is 1. The minimum absolute atomic E-state index is 0.000415. The summed E-state index contributed by atoms with van der Waals surface area (Å²) in [6, 6.07) is 5.65. The molecule has 1 aliphatic heterocycles. The average Bonchev–Trinajstić information content (AvgIpc) is 3.01. The Hall–Kier alpha value is -2.74. The highest BCUT2D eigenvalue weighted by Crippen LogP contribution is 2.19. The van der Waals surface area contributed by atoms with Crippen molar-refractivity contribution in [2.24, 2.45) is 0 Å². The van der Waals surface area contributed by atoms with Crippen molar-refractivity contribution in [3.8, 4) is 11.5 Å². The van der Waals surface area contributed by atoms with Crippen LogP contribution in [0.4, 0.5) is 0 Å². The molecular weight excluding hydrogens is 302 g/mol. The Kier molecular flexibility index (Phi) is 4.07. The molecule has 3 rings (SSSR count). The maximum absolute atomic E-state index is 12.5. The number of benzene rings is 1. The first kappa shape index (κ1) is 15.2. The smallest absolute Gasteiger partial charge is 0.328 e. The second-order valence-corrected chi connectivity index (χ2v) is 5.15. The molecule has 1 aliphatic rings. The first-order chi connectivity index (χ1) is 11.1. The van der Waals surface area contributed by atoms with Crippen LogP contribution >= 0.6 is 0 Å². The van der Waals surface area contributed by atoms with Gasteiger partial charge in [-0.15, -0.1) is 0 Å². The van der Waals surface area contributed by atoms with E-state index in [1.807, 2.05) is 0 Å². The molecule has 1 amide bonds. The molecule has 1 aromatic carbocycles. The van der Waals surface area contributed by atoms with Crippen molar-refractivity contribution in [1.82, 2.24) is 15.0 Å². The Bertz CT molecular complexity index is 725. The lowest BCUT2D eigenvalue weighted by atomic mass is 10.1. The normalized spacial score (nSPS) is 18.0. The quantitative estimate of drug-likeness (QED) is 0.899. The Morgan fingerprint density at radius 1 is 1.30 bits per heavy atom. The number of aromatic nitrogens is 2. The number of aliphatic carboxylic acids is 1. The van der Waals surface area contributed by atoms with Crippen LogP contribution in [0.5, 0.6) is 0 Å². The van der Waals surface area contributed by atoms with Crippen molar-refractivity contribution in [3.05, 3.63) is 35.7 Å². The van der Waals surface area contributed by atoms with Crippen LogP contribution in [0.25, 0.3) is 11.5 Å². The molecule has 0 radical (unpaired) electrons. The predicted octanol–water partition coefficient (Wildman–Crippen LogP) is 0.971. The largest absolute Gasteiger partial charge is 0.480 e. The van der Waals surface area contributed by atoms with Gasteiger partial charge in [0.25, 0.3) is 11.8 Å². The fraction of sp³-hybridized carbons (Fsp3) is 0.333. The topological polar surface area (TPSA) is 106 Å². The zero-order chi connectivity index (χ0) is 16.4. The van der Waals surface area contributed by atoms with E-state index in [1.54, 1.807) is 31.2 Å². The average molecular weight is 317 g/mol. The van der Waals surface area contributed by atoms with E-state index >= 15 is 0 Å². The number of nitrogens with zero attached hydrogens (tertiary/aromatic N) is 3. The Labute approximate surface area is 131 Å².